The lowest BCUT2D eigenvalue weighted by Crippen LogP contribution is -2.11. The molecule has 0 N–H and O–H groups in total. The van der Waals surface area contributed by atoms with E-state index >= 15 is 0 Å². The molecule has 10 rings (SSSR count). The molecule has 0 amide bonds. The number of para-hydroxylation sites is 1. The normalized spacial score (nSPS) is 11.5. The molecule has 0 bridgehead atoms. The third kappa shape index (κ3) is 5.05. The van der Waals surface area contributed by atoms with E-state index in [9.17, 15) is 0 Å². The number of thiophene rings is 2. The van der Waals surface area contributed by atoms with E-state index in [0.717, 1.165) is 11.4 Å². The Kier molecular flexibility index (Phi) is 7.26. The molecule has 0 atom stereocenters. The molecule has 2 heterocycles. The Morgan fingerprint density at radius 2 is 0.863 bits per heavy atom. The highest BCUT2D eigenvalue weighted by molar-refractivity contribution is 7.26. The van der Waals surface area contributed by atoms with Crippen molar-refractivity contribution in [1.82, 2.24) is 0 Å². The molecule has 0 spiro atoms. The van der Waals surface area contributed by atoms with Gasteiger partial charge in [0.15, 0.2) is 0 Å². The molecule has 0 aliphatic carbocycles. The van der Waals surface area contributed by atoms with Gasteiger partial charge in [0.25, 0.3) is 0 Å². The first-order valence-electron chi connectivity index (χ1n) is 17.3. The smallest absolute Gasteiger partial charge is 0.0641 e. The summed E-state index contributed by atoms with van der Waals surface area (Å²) in [6.07, 6.45) is 0. The number of rotatable bonds is 6. The molecular weight excluding hydrogens is 655 g/mol. The zero-order valence-corrected chi connectivity index (χ0v) is 29.3. The van der Waals surface area contributed by atoms with Gasteiger partial charge in [0.2, 0.25) is 0 Å². The van der Waals surface area contributed by atoms with Gasteiger partial charge < -0.3 is 4.90 Å². The van der Waals surface area contributed by atoms with Gasteiger partial charge in [-0.05, 0) is 64.2 Å². The van der Waals surface area contributed by atoms with Gasteiger partial charge in [-0.1, -0.05) is 152 Å². The minimum Gasteiger partial charge on any atom is -0.308 e. The predicted octanol–water partition coefficient (Wildman–Crippen LogP) is 14.9. The van der Waals surface area contributed by atoms with E-state index in [2.05, 4.69) is 193 Å². The van der Waals surface area contributed by atoms with Crippen LogP contribution in [0.1, 0.15) is 0 Å². The van der Waals surface area contributed by atoms with Crippen LogP contribution < -0.4 is 4.90 Å². The third-order valence-electron chi connectivity index (χ3n) is 9.90. The Morgan fingerprint density at radius 3 is 1.63 bits per heavy atom. The Hall–Kier alpha value is -6.00. The lowest BCUT2D eigenvalue weighted by atomic mass is 9.97. The number of fused-ring (bicyclic) bond motifs is 6. The van der Waals surface area contributed by atoms with Crippen LogP contribution >= 0.6 is 22.7 Å². The number of benzene rings is 8. The average Bonchev–Trinajstić information content (AvgIpc) is 3.79. The van der Waals surface area contributed by atoms with Crippen LogP contribution in [0, 0.1) is 0 Å². The molecule has 2 aromatic heterocycles. The van der Waals surface area contributed by atoms with Gasteiger partial charge in [-0.3, -0.25) is 0 Å². The van der Waals surface area contributed by atoms with Gasteiger partial charge >= 0.3 is 0 Å². The molecule has 0 aliphatic rings. The van der Waals surface area contributed by atoms with Crippen molar-refractivity contribution in [3.8, 4) is 33.4 Å². The van der Waals surface area contributed by atoms with Crippen molar-refractivity contribution in [2.24, 2.45) is 0 Å². The average molecular weight is 686 g/mol. The molecule has 0 saturated heterocycles. The van der Waals surface area contributed by atoms with Crippen LogP contribution in [0.15, 0.2) is 188 Å². The molecule has 8 aromatic carbocycles. The molecule has 0 fully saturated rings. The highest BCUT2D eigenvalue weighted by Crippen LogP contribution is 2.50. The van der Waals surface area contributed by atoms with Gasteiger partial charge in [0.1, 0.15) is 0 Å². The van der Waals surface area contributed by atoms with Crippen molar-refractivity contribution in [3.63, 3.8) is 0 Å². The fourth-order valence-electron chi connectivity index (χ4n) is 7.55. The third-order valence-corrected chi connectivity index (χ3v) is 12.3. The maximum Gasteiger partial charge on any atom is 0.0641 e. The van der Waals surface area contributed by atoms with Gasteiger partial charge in [-0.15, -0.1) is 22.7 Å². The van der Waals surface area contributed by atoms with Crippen LogP contribution in [0.5, 0.6) is 0 Å². The van der Waals surface area contributed by atoms with Crippen molar-refractivity contribution in [2.45, 2.75) is 0 Å². The summed E-state index contributed by atoms with van der Waals surface area (Å²) in [5, 5.41) is 5.24. The van der Waals surface area contributed by atoms with Gasteiger partial charge in [0.05, 0.1) is 16.1 Å². The summed E-state index contributed by atoms with van der Waals surface area (Å²) in [5.41, 5.74) is 10.8. The fourth-order valence-corrected chi connectivity index (χ4v) is 10.0. The first kappa shape index (κ1) is 29.9. The predicted molar refractivity (Wildman–Crippen MR) is 223 cm³/mol. The van der Waals surface area contributed by atoms with Crippen molar-refractivity contribution in [1.29, 1.82) is 0 Å². The fraction of sp³-hybridized carbons (Fsp3) is 0. The molecular formula is C48H31NS2. The second kappa shape index (κ2) is 12.4. The maximum absolute atomic E-state index is 2.47. The van der Waals surface area contributed by atoms with E-state index in [1.165, 1.54) is 79.4 Å². The lowest BCUT2D eigenvalue weighted by molar-refractivity contribution is 1.30. The number of anilines is 3. The summed E-state index contributed by atoms with van der Waals surface area (Å²) in [6.45, 7) is 0. The Labute approximate surface area is 304 Å². The topological polar surface area (TPSA) is 3.24 Å². The first-order chi connectivity index (χ1) is 25.3. The second-order valence-electron chi connectivity index (χ2n) is 12.8. The van der Waals surface area contributed by atoms with Crippen molar-refractivity contribution < 1.29 is 0 Å². The Bertz CT molecular complexity index is 2850. The Balaban J connectivity index is 1.21. The summed E-state index contributed by atoms with van der Waals surface area (Å²) in [6, 6.07) is 68.5. The van der Waals surface area contributed by atoms with Crippen LogP contribution in [0.4, 0.5) is 17.1 Å². The van der Waals surface area contributed by atoms with Crippen LogP contribution in [0.25, 0.3) is 73.7 Å². The van der Waals surface area contributed by atoms with Crippen LogP contribution in [0.3, 0.4) is 0 Å². The van der Waals surface area contributed by atoms with E-state index in [0.29, 0.717) is 0 Å². The highest BCUT2D eigenvalue weighted by Gasteiger charge is 2.23. The molecule has 10 aromatic rings. The largest absolute Gasteiger partial charge is 0.308 e. The zero-order chi connectivity index (χ0) is 33.7. The van der Waals surface area contributed by atoms with Crippen molar-refractivity contribution in [2.75, 3.05) is 4.90 Å². The van der Waals surface area contributed by atoms with Crippen molar-refractivity contribution >= 4 is 80.1 Å². The molecule has 240 valence electrons. The van der Waals surface area contributed by atoms with Gasteiger partial charge in [-0.25, -0.2) is 0 Å². The van der Waals surface area contributed by atoms with Gasteiger partial charge in [-0.2, -0.15) is 0 Å². The molecule has 3 heteroatoms. The second-order valence-corrected chi connectivity index (χ2v) is 15.0. The highest BCUT2D eigenvalue weighted by atomic mass is 32.1. The molecule has 0 saturated carbocycles. The van der Waals surface area contributed by atoms with E-state index < -0.39 is 0 Å². The number of hydrogen-bond acceptors (Lipinski definition) is 3. The van der Waals surface area contributed by atoms with Crippen LogP contribution in [-0.2, 0) is 0 Å². The van der Waals surface area contributed by atoms with Crippen LogP contribution in [-0.4, -0.2) is 0 Å². The molecule has 51 heavy (non-hydrogen) atoms. The molecule has 0 radical (unpaired) electrons. The van der Waals surface area contributed by atoms with E-state index in [1.807, 2.05) is 22.7 Å². The lowest BCUT2D eigenvalue weighted by Gasteiger charge is -2.29. The summed E-state index contributed by atoms with van der Waals surface area (Å²) in [4.78, 5) is 2.47. The van der Waals surface area contributed by atoms with Gasteiger partial charge in [0, 0.05) is 46.9 Å². The first-order valence-corrected chi connectivity index (χ1v) is 18.9. The Morgan fingerprint density at radius 1 is 0.314 bits per heavy atom. The van der Waals surface area contributed by atoms with E-state index in [1.54, 1.807) is 0 Å². The minimum absolute atomic E-state index is 1.12. The quantitative estimate of drug-likeness (QED) is 0.168. The minimum atomic E-state index is 1.12. The summed E-state index contributed by atoms with van der Waals surface area (Å²) in [5.74, 6) is 0. The summed E-state index contributed by atoms with van der Waals surface area (Å²) >= 11 is 3.76. The van der Waals surface area contributed by atoms with Crippen LogP contribution in [0.2, 0.25) is 0 Å². The molecule has 0 aliphatic heterocycles. The number of nitrogens with zero attached hydrogens (tertiary/aromatic N) is 1. The van der Waals surface area contributed by atoms with Crippen molar-refractivity contribution in [3.05, 3.63) is 188 Å². The zero-order valence-electron chi connectivity index (χ0n) is 27.7. The van der Waals surface area contributed by atoms with E-state index in [4.69, 9.17) is 0 Å². The summed E-state index contributed by atoms with van der Waals surface area (Å²) < 4.78 is 5.23. The maximum atomic E-state index is 2.47. The molecule has 1 nitrogen and oxygen atoms in total. The monoisotopic (exact) mass is 685 g/mol. The van der Waals surface area contributed by atoms with E-state index in [-0.39, 0.29) is 0 Å². The SMILES string of the molecule is c1ccc(-c2ccccc2N(c2ccc(-c3cccc4c3sc3ccccc34)cc2)c2ccc(-c3ccccc3)c3c2sc2ccccc23)cc1. The summed E-state index contributed by atoms with van der Waals surface area (Å²) in [7, 11) is 0. The number of hydrogen-bond donors (Lipinski definition) is 0. The molecule has 0 unspecified atom stereocenters. The standard InChI is InChI=1S/C48H31NS2/c1-3-14-32(15-4-1)36-18-7-10-23-42(36)49(35-28-26-34(27-29-35)38-21-13-22-40-39-19-8-11-24-44(39)50-47(38)40)43-31-30-37(33-16-5-2-6-17-33)46-41-20-9-12-25-45(41)51-48(43)46/h1-31H.